The summed E-state index contributed by atoms with van der Waals surface area (Å²) in [7, 11) is 0. The fourth-order valence-corrected chi connectivity index (χ4v) is 2.98. The van der Waals surface area contributed by atoms with Gasteiger partial charge in [-0.1, -0.05) is 36.1 Å². The second-order valence-electron chi connectivity index (χ2n) is 4.41. The van der Waals surface area contributed by atoms with Crippen LogP contribution < -0.4 is 4.74 Å². The van der Waals surface area contributed by atoms with Crippen molar-refractivity contribution < 1.29 is 29.3 Å². The second-order valence-corrected chi connectivity index (χ2v) is 6.09. The summed E-state index contributed by atoms with van der Waals surface area (Å²) < 4.78 is 5.20. The molecule has 23 heavy (non-hydrogen) atoms. The average Bonchev–Trinajstić information content (AvgIpc) is 2.74. The van der Waals surface area contributed by atoms with Crippen LogP contribution in [0.4, 0.5) is 0 Å². The molecule has 7 nitrogen and oxygen atoms in total. The summed E-state index contributed by atoms with van der Waals surface area (Å²) in [6.45, 7) is -0.906. The van der Waals surface area contributed by atoms with Crippen molar-refractivity contribution in [2.45, 2.75) is 0 Å². The monoisotopic (exact) mass is 353 g/mol. The Kier molecular flexibility index (Phi) is 5.35. The number of carboxylic acids is 2. The van der Waals surface area contributed by atoms with E-state index < -0.39 is 31.0 Å². The van der Waals surface area contributed by atoms with Crippen LogP contribution in [-0.4, -0.2) is 50.4 Å². The molecule has 1 fully saturated rings. The molecule has 1 saturated heterocycles. The molecule has 1 aliphatic heterocycles. The number of ether oxygens (including phenoxy) is 1. The molecule has 9 heteroatoms. The zero-order valence-corrected chi connectivity index (χ0v) is 13.2. The van der Waals surface area contributed by atoms with Crippen molar-refractivity contribution in [3.63, 3.8) is 0 Å². The van der Waals surface area contributed by atoms with Gasteiger partial charge in [0.05, 0.1) is 4.91 Å². The predicted octanol–water partition coefficient (Wildman–Crippen LogP) is 1.44. The number of carbonyl (C=O) groups excluding carboxylic acids is 1. The van der Waals surface area contributed by atoms with E-state index in [9.17, 15) is 14.4 Å². The second kappa shape index (κ2) is 7.25. The number of thiocarbonyl (C=S) groups is 1. The average molecular weight is 353 g/mol. The molecule has 2 N–H and O–H groups in total. The summed E-state index contributed by atoms with van der Waals surface area (Å²) in [6, 6.07) is 6.46. The minimum absolute atomic E-state index is 0.199. The highest BCUT2D eigenvalue weighted by molar-refractivity contribution is 8.26. The van der Waals surface area contributed by atoms with E-state index in [-0.39, 0.29) is 4.32 Å². The number of benzene rings is 1. The number of hydrogen-bond donors (Lipinski definition) is 2. The maximum atomic E-state index is 12.1. The topological polar surface area (TPSA) is 104 Å². The fraction of sp³-hybridized carbons (Fsp3) is 0.143. The molecule has 0 atom stereocenters. The van der Waals surface area contributed by atoms with E-state index >= 15 is 0 Å². The Morgan fingerprint density at radius 2 is 1.87 bits per heavy atom. The molecule has 0 radical (unpaired) electrons. The van der Waals surface area contributed by atoms with Gasteiger partial charge in [0.1, 0.15) is 16.6 Å². The van der Waals surface area contributed by atoms with Crippen molar-refractivity contribution in [3.05, 3.63) is 34.7 Å². The molecule has 1 aliphatic rings. The molecule has 0 unspecified atom stereocenters. The third-order valence-corrected chi connectivity index (χ3v) is 4.08. The Balaban J connectivity index is 2.09. The quantitative estimate of drug-likeness (QED) is 0.585. The van der Waals surface area contributed by atoms with Crippen LogP contribution in [0, 0.1) is 0 Å². The third-order valence-electron chi connectivity index (χ3n) is 2.71. The van der Waals surface area contributed by atoms with Gasteiger partial charge >= 0.3 is 11.9 Å². The van der Waals surface area contributed by atoms with Crippen LogP contribution in [0.5, 0.6) is 5.75 Å². The first-order valence-corrected chi connectivity index (χ1v) is 7.51. The Morgan fingerprint density at radius 1 is 1.22 bits per heavy atom. The lowest BCUT2D eigenvalue weighted by Crippen LogP contribution is -2.33. The van der Waals surface area contributed by atoms with Gasteiger partial charge in [-0.15, -0.1) is 0 Å². The molecule has 120 valence electrons. The highest BCUT2D eigenvalue weighted by Gasteiger charge is 2.33. The van der Waals surface area contributed by atoms with E-state index in [0.717, 1.165) is 16.7 Å². The van der Waals surface area contributed by atoms with Crippen molar-refractivity contribution in [2.75, 3.05) is 13.2 Å². The number of carbonyl (C=O) groups is 3. The van der Waals surface area contributed by atoms with Crippen LogP contribution in [0.15, 0.2) is 29.2 Å². The summed E-state index contributed by atoms with van der Waals surface area (Å²) in [5, 5.41) is 17.3. The van der Waals surface area contributed by atoms with Gasteiger partial charge in [-0.05, 0) is 23.8 Å². The molecule has 0 aromatic heterocycles. The van der Waals surface area contributed by atoms with Gasteiger partial charge < -0.3 is 14.9 Å². The first-order valence-electron chi connectivity index (χ1n) is 6.28. The van der Waals surface area contributed by atoms with Crippen molar-refractivity contribution in [1.82, 2.24) is 4.90 Å². The van der Waals surface area contributed by atoms with Crippen LogP contribution >= 0.6 is 24.0 Å². The first-order chi connectivity index (χ1) is 10.9. The predicted molar refractivity (Wildman–Crippen MR) is 87.1 cm³/mol. The molecule has 1 heterocycles. The fourth-order valence-electron chi connectivity index (χ4n) is 1.73. The zero-order chi connectivity index (χ0) is 17.0. The van der Waals surface area contributed by atoms with E-state index in [4.69, 9.17) is 27.2 Å². The first kappa shape index (κ1) is 17.0. The van der Waals surface area contributed by atoms with E-state index in [1.165, 1.54) is 0 Å². The van der Waals surface area contributed by atoms with Crippen LogP contribution in [0.1, 0.15) is 5.56 Å². The largest absolute Gasteiger partial charge is 0.482 e. The van der Waals surface area contributed by atoms with Crippen LogP contribution in [-0.2, 0) is 14.4 Å². The maximum Gasteiger partial charge on any atom is 0.341 e. The van der Waals surface area contributed by atoms with Gasteiger partial charge in [0.25, 0.3) is 5.91 Å². The minimum Gasteiger partial charge on any atom is -0.482 e. The van der Waals surface area contributed by atoms with Gasteiger partial charge in [0.15, 0.2) is 6.61 Å². The van der Waals surface area contributed by atoms with Crippen molar-refractivity contribution in [2.24, 2.45) is 0 Å². The van der Waals surface area contributed by atoms with Crippen molar-refractivity contribution in [1.29, 1.82) is 0 Å². The molecule has 0 aliphatic carbocycles. The highest BCUT2D eigenvalue weighted by Crippen LogP contribution is 2.32. The molecule has 0 bridgehead atoms. The highest BCUT2D eigenvalue weighted by atomic mass is 32.2. The molecule has 0 saturated carbocycles. The molecular weight excluding hydrogens is 342 g/mol. The number of rotatable bonds is 6. The number of nitrogens with zero attached hydrogens (tertiary/aromatic N) is 1. The third kappa shape index (κ3) is 4.54. The minimum atomic E-state index is -1.14. The van der Waals surface area contributed by atoms with Gasteiger partial charge in [-0.25, -0.2) is 4.79 Å². The number of aliphatic carboxylic acids is 2. The normalized spacial score (nSPS) is 16.0. The van der Waals surface area contributed by atoms with E-state index in [0.29, 0.717) is 16.2 Å². The lowest BCUT2D eigenvalue weighted by Gasteiger charge is -2.10. The number of amides is 1. The number of thioether (sulfide) groups is 1. The maximum absolute atomic E-state index is 12.1. The molecule has 0 spiro atoms. The molecule has 1 aromatic carbocycles. The van der Waals surface area contributed by atoms with Crippen LogP contribution in [0.25, 0.3) is 6.08 Å². The Morgan fingerprint density at radius 3 is 2.43 bits per heavy atom. The molecule has 2 rings (SSSR count). The van der Waals surface area contributed by atoms with Crippen molar-refractivity contribution in [3.8, 4) is 5.75 Å². The molecule has 1 amide bonds. The Hall–Kier alpha value is -2.39. The van der Waals surface area contributed by atoms with E-state index in [1.807, 2.05) is 0 Å². The van der Waals surface area contributed by atoms with Gasteiger partial charge in [0.2, 0.25) is 0 Å². The molecule has 1 aromatic rings. The van der Waals surface area contributed by atoms with Gasteiger partial charge in [-0.3, -0.25) is 14.5 Å². The number of hydrogen-bond acceptors (Lipinski definition) is 6. The van der Waals surface area contributed by atoms with E-state index in [1.54, 1.807) is 30.3 Å². The number of carboxylic acid groups (broad SMARTS) is 2. The summed E-state index contributed by atoms with van der Waals surface area (Å²) in [4.78, 5) is 34.6. The van der Waals surface area contributed by atoms with Crippen molar-refractivity contribution >= 4 is 52.2 Å². The lowest BCUT2D eigenvalue weighted by atomic mass is 10.2. The van der Waals surface area contributed by atoms with Gasteiger partial charge in [-0.2, -0.15) is 0 Å². The molecular formula is C14H11NO6S2. The summed E-state index contributed by atoms with van der Waals surface area (Å²) in [5.74, 6) is -2.27. The zero-order valence-electron chi connectivity index (χ0n) is 11.6. The lowest BCUT2D eigenvalue weighted by molar-refractivity contribution is -0.140. The van der Waals surface area contributed by atoms with Crippen LogP contribution in [0.2, 0.25) is 0 Å². The summed E-state index contributed by atoms with van der Waals surface area (Å²) in [5.41, 5.74) is 0.684. The SMILES string of the molecule is O=C(O)COc1ccc(C=C2SC(=S)N(CC(=O)O)C2=O)cc1. The summed E-state index contributed by atoms with van der Waals surface area (Å²) >= 11 is 6.03. The van der Waals surface area contributed by atoms with Gasteiger partial charge in [0, 0.05) is 0 Å². The van der Waals surface area contributed by atoms with Crippen LogP contribution in [0.3, 0.4) is 0 Å². The van der Waals surface area contributed by atoms with E-state index in [2.05, 4.69) is 0 Å². The standard InChI is InChI=1S/C14H11NO6S2/c16-11(17)6-15-13(20)10(23-14(15)22)5-8-1-3-9(4-2-8)21-7-12(18)19/h1-5H,6-7H2,(H,16,17)(H,18,19). The summed E-state index contributed by atoms with van der Waals surface area (Å²) in [6.07, 6.45) is 1.59. The Bertz CT molecular complexity index is 698. The smallest absolute Gasteiger partial charge is 0.341 e. The Labute approximate surface area is 140 Å².